The highest BCUT2D eigenvalue weighted by molar-refractivity contribution is 5.94. The Morgan fingerprint density at radius 3 is 3.00 bits per heavy atom. The highest BCUT2D eigenvalue weighted by Crippen LogP contribution is 2.15. The monoisotopic (exact) mass is 328 g/mol. The smallest absolute Gasteiger partial charge is 0.251 e. The number of carbonyl (C=O) groups excluding carboxylic acids is 1. The van der Waals surface area contributed by atoms with Crippen molar-refractivity contribution >= 4 is 5.91 Å². The molecule has 1 aromatic carbocycles. The molecule has 0 bridgehead atoms. The van der Waals surface area contributed by atoms with Crippen LogP contribution in [0.2, 0.25) is 0 Å². The van der Waals surface area contributed by atoms with E-state index in [0.29, 0.717) is 44.0 Å². The molecule has 128 valence electrons. The first-order chi connectivity index (χ1) is 11.1. The quantitative estimate of drug-likeness (QED) is 0.739. The molecule has 23 heavy (non-hydrogen) atoms. The number of benzene rings is 1. The Bertz CT molecular complexity index is 514. The summed E-state index contributed by atoms with van der Waals surface area (Å²) in [5.41, 5.74) is 0.493. The van der Waals surface area contributed by atoms with Gasteiger partial charge < -0.3 is 14.8 Å². The van der Waals surface area contributed by atoms with Crippen LogP contribution < -0.4 is 10.1 Å². The van der Waals surface area contributed by atoms with Crippen molar-refractivity contribution in [3.8, 4) is 5.75 Å². The molecule has 1 heterocycles. The summed E-state index contributed by atoms with van der Waals surface area (Å²) in [6.45, 7) is 1.68. The zero-order chi connectivity index (χ0) is 16.7. The van der Waals surface area contributed by atoms with E-state index in [1.807, 2.05) is 0 Å². The number of likely N-dealkylation sites (tertiary alicyclic amines) is 1. The van der Waals surface area contributed by atoms with Crippen LogP contribution >= 0.6 is 0 Å². The molecule has 1 saturated heterocycles. The van der Waals surface area contributed by atoms with E-state index in [1.165, 1.54) is 0 Å². The summed E-state index contributed by atoms with van der Waals surface area (Å²) in [4.78, 5) is 13.9. The maximum Gasteiger partial charge on any atom is 0.251 e. The van der Waals surface area contributed by atoms with E-state index in [1.54, 1.807) is 36.3 Å². The number of alkyl halides is 2. The van der Waals surface area contributed by atoms with Crippen molar-refractivity contribution in [1.82, 2.24) is 10.2 Å². The van der Waals surface area contributed by atoms with E-state index in [9.17, 15) is 13.6 Å². The van der Waals surface area contributed by atoms with Crippen LogP contribution in [-0.4, -0.2) is 63.2 Å². The Morgan fingerprint density at radius 1 is 1.43 bits per heavy atom. The molecule has 2 rings (SSSR count). The normalized spacial score (nSPS) is 18.3. The van der Waals surface area contributed by atoms with E-state index in [0.717, 1.165) is 0 Å². The number of hydrogen-bond acceptors (Lipinski definition) is 4. The highest BCUT2D eigenvalue weighted by Gasteiger charge is 2.26. The first kappa shape index (κ1) is 17.6. The molecule has 0 saturated carbocycles. The van der Waals surface area contributed by atoms with Crippen LogP contribution in [0.25, 0.3) is 0 Å². The molecule has 0 aliphatic carbocycles. The molecule has 1 N–H and O–H groups in total. The van der Waals surface area contributed by atoms with Gasteiger partial charge in [-0.15, -0.1) is 0 Å². The molecule has 1 aliphatic heterocycles. The Labute approximate surface area is 134 Å². The van der Waals surface area contributed by atoms with Gasteiger partial charge in [-0.3, -0.25) is 9.69 Å². The first-order valence-electron chi connectivity index (χ1n) is 7.61. The van der Waals surface area contributed by atoms with E-state index in [2.05, 4.69) is 5.32 Å². The number of ether oxygens (including phenoxy) is 2. The predicted octanol–water partition coefficient (Wildman–Crippen LogP) is 1.78. The molecule has 1 unspecified atom stereocenters. The van der Waals surface area contributed by atoms with Crippen molar-refractivity contribution in [2.24, 2.45) is 0 Å². The lowest BCUT2D eigenvalue weighted by Gasteiger charge is -2.16. The minimum absolute atomic E-state index is 0.0979. The van der Waals surface area contributed by atoms with Crippen LogP contribution in [0.15, 0.2) is 24.3 Å². The van der Waals surface area contributed by atoms with Crippen molar-refractivity contribution in [2.75, 3.05) is 40.0 Å². The minimum atomic E-state index is -2.34. The van der Waals surface area contributed by atoms with E-state index >= 15 is 0 Å². The van der Waals surface area contributed by atoms with Crippen LogP contribution in [0, 0.1) is 0 Å². The van der Waals surface area contributed by atoms with Crippen LogP contribution in [0.5, 0.6) is 5.75 Å². The third-order valence-electron chi connectivity index (χ3n) is 3.66. The van der Waals surface area contributed by atoms with Gasteiger partial charge in [0, 0.05) is 31.8 Å². The van der Waals surface area contributed by atoms with Gasteiger partial charge in [-0.2, -0.15) is 0 Å². The van der Waals surface area contributed by atoms with Crippen molar-refractivity contribution in [3.05, 3.63) is 29.8 Å². The van der Waals surface area contributed by atoms with Gasteiger partial charge in [-0.1, -0.05) is 6.07 Å². The summed E-state index contributed by atoms with van der Waals surface area (Å²) in [7, 11) is 1.59. The number of nitrogens with one attached hydrogen (secondary N) is 1. The van der Waals surface area contributed by atoms with Gasteiger partial charge in [0.2, 0.25) is 0 Å². The van der Waals surface area contributed by atoms with Crippen LogP contribution in [0.1, 0.15) is 16.8 Å². The number of rotatable bonds is 8. The molecule has 7 heteroatoms. The Kier molecular flexibility index (Phi) is 6.73. The molecule has 1 amide bonds. The van der Waals surface area contributed by atoms with Gasteiger partial charge in [-0.05, 0) is 24.6 Å². The minimum Gasteiger partial charge on any atom is -0.491 e. The van der Waals surface area contributed by atoms with Gasteiger partial charge >= 0.3 is 0 Å². The number of methoxy groups -OCH3 is 1. The summed E-state index contributed by atoms with van der Waals surface area (Å²) < 4.78 is 35.1. The molecule has 1 aromatic rings. The topological polar surface area (TPSA) is 50.8 Å². The van der Waals surface area contributed by atoms with Gasteiger partial charge in [0.25, 0.3) is 12.3 Å². The van der Waals surface area contributed by atoms with Gasteiger partial charge in [0.1, 0.15) is 12.4 Å². The second-order valence-corrected chi connectivity index (χ2v) is 5.48. The van der Waals surface area contributed by atoms with Crippen molar-refractivity contribution < 1.29 is 23.0 Å². The third kappa shape index (κ3) is 5.76. The summed E-state index contributed by atoms with van der Waals surface area (Å²) in [6.07, 6.45) is -1.66. The molecular formula is C16H22F2N2O3. The van der Waals surface area contributed by atoms with Crippen molar-refractivity contribution in [3.63, 3.8) is 0 Å². The fourth-order valence-corrected chi connectivity index (χ4v) is 2.55. The standard InChI is InChI=1S/C16H22F2N2O3/c1-22-7-8-23-14-4-2-3-12(9-14)16(21)19-13-5-6-20(10-13)11-15(17)18/h2-4,9,13,15H,5-8,10-11H2,1H3,(H,19,21). The van der Waals surface area contributed by atoms with Crippen LogP contribution in [0.3, 0.4) is 0 Å². The highest BCUT2D eigenvalue weighted by atomic mass is 19.3. The summed E-state index contributed by atoms with van der Waals surface area (Å²) in [5, 5.41) is 2.89. The average molecular weight is 328 g/mol. The molecule has 0 radical (unpaired) electrons. The SMILES string of the molecule is COCCOc1cccc(C(=O)NC2CCN(CC(F)F)C2)c1. The van der Waals surface area contributed by atoms with Crippen LogP contribution in [-0.2, 0) is 4.74 Å². The number of carbonyl (C=O) groups is 1. The summed E-state index contributed by atoms with van der Waals surface area (Å²) in [5.74, 6) is 0.381. The predicted molar refractivity (Wildman–Crippen MR) is 82.1 cm³/mol. The van der Waals surface area contributed by atoms with Gasteiger partial charge in [0.15, 0.2) is 0 Å². The largest absolute Gasteiger partial charge is 0.491 e. The molecule has 1 atom stereocenters. The molecular weight excluding hydrogens is 306 g/mol. The van der Waals surface area contributed by atoms with Gasteiger partial charge in [-0.25, -0.2) is 8.78 Å². The Morgan fingerprint density at radius 2 is 2.26 bits per heavy atom. The van der Waals surface area contributed by atoms with Crippen LogP contribution in [0.4, 0.5) is 8.78 Å². The zero-order valence-electron chi connectivity index (χ0n) is 13.1. The Hall–Kier alpha value is -1.73. The average Bonchev–Trinajstić information content (AvgIpc) is 2.94. The number of halogens is 2. The lowest BCUT2D eigenvalue weighted by molar-refractivity contribution is 0.0917. The Balaban J connectivity index is 1.85. The molecule has 1 aliphatic rings. The third-order valence-corrected chi connectivity index (χ3v) is 3.66. The zero-order valence-corrected chi connectivity index (χ0v) is 13.1. The van der Waals surface area contributed by atoms with E-state index < -0.39 is 6.43 Å². The summed E-state index contributed by atoms with van der Waals surface area (Å²) >= 11 is 0. The van der Waals surface area contributed by atoms with Gasteiger partial charge in [0.05, 0.1) is 13.2 Å². The number of hydrogen-bond donors (Lipinski definition) is 1. The second kappa shape index (κ2) is 8.79. The fourth-order valence-electron chi connectivity index (χ4n) is 2.55. The molecule has 0 spiro atoms. The summed E-state index contributed by atoms with van der Waals surface area (Å²) in [6, 6.07) is 6.78. The molecule has 0 aromatic heterocycles. The first-order valence-corrected chi connectivity index (χ1v) is 7.61. The molecule has 1 fully saturated rings. The number of amides is 1. The van der Waals surface area contributed by atoms with E-state index in [4.69, 9.17) is 9.47 Å². The lowest BCUT2D eigenvalue weighted by Crippen LogP contribution is -2.37. The lowest BCUT2D eigenvalue weighted by atomic mass is 10.1. The van der Waals surface area contributed by atoms with Crippen molar-refractivity contribution in [1.29, 1.82) is 0 Å². The van der Waals surface area contributed by atoms with E-state index in [-0.39, 0.29) is 18.5 Å². The fraction of sp³-hybridized carbons (Fsp3) is 0.562. The maximum absolute atomic E-state index is 12.4. The second-order valence-electron chi connectivity index (χ2n) is 5.48. The number of nitrogens with zero attached hydrogens (tertiary/aromatic N) is 1. The maximum atomic E-state index is 12.4. The van der Waals surface area contributed by atoms with Crippen molar-refractivity contribution in [2.45, 2.75) is 18.9 Å². The molecule has 5 nitrogen and oxygen atoms in total.